The number of hydrogen-bond donors (Lipinski definition) is 1. The van der Waals surface area contributed by atoms with Gasteiger partial charge in [0, 0.05) is 30.7 Å². The topological polar surface area (TPSA) is 48.5 Å². The second-order valence-electron chi connectivity index (χ2n) is 6.04. The van der Waals surface area contributed by atoms with Crippen molar-refractivity contribution in [2.75, 3.05) is 43.4 Å². The van der Waals surface area contributed by atoms with E-state index in [1.54, 1.807) is 0 Å². The molecule has 1 aliphatic rings. The smallest absolute Gasteiger partial charge is 0.229 e. The maximum Gasteiger partial charge on any atom is 0.229 e. The van der Waals surface area contributed by atoms with E-state index in [0.29, 0.717) is 12.2 Å². The van der Waals surface area contributed by atoms with Gasteiger partial charge in [0.15, 0.2) is 0 Å². The highest BCUT2D eigenvalue weighted by Gasteiger charge is 2.14. The molecule has 0 aliphatic carbocycles. The molecule has 1 aromatic carbocycles. The average molecular weight is 389 g/mol. The number of halogens is 1. The maximum atomic E-state index is 12.1. The molecule has 1 fully saturated rings. The standard InChI is InChI=1S/C18H21BrN4O/c1-22-8-10-23(11-9-22)16-6-7-17(20-13-16)21-18(24)12-14-2-4-15(19)5-3-14/h2-7,13H,8-12H2,1H3,(H,20,21,24). The summed E-state index contributed by atoms with van der Waals surface area (Å²) in [6, 6.07) is 11.6. The summed E-state index contributed by atoms with van der Waals surface area (Å²) in [6.45, 7) is 4.14. The summed E-state index contributed by atoms with van der Waals surface area (Å²) >= 11 is 3.39. The van der Waals surface area contributed by atoms with Gasteiger partial charge in [0.1, 0.15) is 5.82 Å². The highest BCUT2D eigenvalue weighted by atomic mass is 79.9. The summed E-state index contributed by atoms with van der Waals surface area (Å²) < 4.78 is 1.01. The monoisotopic (exact) mass is 388 g/mol. The number of hydrogen-bond acceptors (Lipinski definition) is 4. The van der Waals surface area contributed by atoms with Gasteiger partial charge in [-0.15, -0.1) is 0 Å². The van der Waals surface area contributed by atoms with Crippen LogP contribution in [0.1, 0.15) is 5.56 Å². The fourth-order valence-corrected chi connectivity index (χ4v) is 2.95. The van der Waals surface area contributed by atoms with Gasteiger partial charge < -0.3 is 15.1 Å². The van der Waals surface area contributed by atoms with Crippen molar-refractivity contribution in [3.05, 3.63) is 52.6 Å². The number of aromatic nitrogens is 1. The number of amides is 1. The summed E-state index contributed by atoms with van der Waals surface area (Å²) in [5, 5.41) is 2.85. The molecule has 0 atom stereocenters. The Bertz CT molecular complexity index is 679. The molecule has 1 amide bonds. The van der Waals surface area contributed by atoms with Gasteiger partial charge in [-0.2, -0.15) is 0 Å². The largest absolute Gasteiger partial charge is 0.368 e. The molecule has 5 nitrogen and oxygen atoms in total. The minimum atomic E-state index is -0.0582. The summed E-state index contributed by atoms with van der Waals surface area (Å²) in [5.41, 5.74) is 2.08. The van der Waals surface area contributed by atoms with Crippen molar-refractivity contribution in [1.29, 1.82) is 0 Å². The number of benzene rings is 1. The Morgan fingerprint density at radius 1 is 1.12 bits per heavy atom. The molecule has 24 heavy (non-hydrogen) atoms. The van der Waals surface area contributed by atoms with Crippen LogP contribution >= 0.6 is 15.9 Å². The molecule has 3 rings (SSSR count). The fourth-order valence-electron chi connectivity index (χ4n) is 2.69. The van der Waals surface area contributed by atoms with Crippen molar-refractivity contribution in [1.82, 2.24) is 9.88 Å². The Balaban J connectivity index is 1.55. The van der Waals surface area contributed by atoms with Gasteiger partial charge in [-0.3, -0.25) is 4.79 Å². The second-order valence-corrected chi connectivity index (χ2v) is 6.96. The third-order valence-corrected chi connectivity index (χ3v) is 4.69. The average Bonchev–Trinajstić information content (AvgIpc) is 2.58. The van der Waals surface area contributed by atoms with E-state index in [0.717, 1.165) is 41.9 Å². The molecule has 0 spiro atoms. The van der Waals surface area contributed by atoms with Gasteiger partial charge in [-0.25, -0.2) is 4.98 Å². The molecule has 2 aromatic rings. The first kappa shape index (κ1) is 16.9. The van der Waals surface area contributed by atoms with Gasteiger partial charge in [-0.05, 0) is 36.9 Å². The zero-order chi connectivity index (χ0) is 16.9. The van der Waals surface area contributed by atoms with Gasteiger partial charge >= 0.3 is 0 Å². The Kier molecular flexibility index (Phi) is 5.48. The molecule has 0 saturated carbocycles. The van der Waals surface area contributed by atoms with Crippen molar-refractivity contribution in [2.24, 2.45) is 0 Å². The summed E-state index contributed by atoms with van der Waals surface area (Å²) in [7, 11) is 2.14. The van der Waals surface area contributed by atoms with Crippen molar-refractivity contribution in [3.63, 3.8) is 0 Å². The van der Waals surface area contributed by atoms with Crippen molar-refractivity contribution in [2.45, 2.75) is 6.42 Å². The molecule has 126 valence electrons. The van der Waals surface area contributed by atoms with Gasteiger partial charge in [0.2, 0.25) is 5.91 Å². The summed E-state index contributed by atoms with van der Waals surface area (Å²) in [6.07, 6.45) is 2.18. The highest BCUT2D eigenvalue weighted by Crippen LogP contribution is 2.17. The number of carbonyl (C=O) groups excluding carboxylic acids is 1. The molecule has 1 N–H and O–H groups in total. The minimum absolute atomic E-state index is 0.0582. The van der Waals surface area contributed by atoms with E-state index in [1.807, 2.05) is 42.6 Å². The number of nitrogens with zero attached hydrogens (tertiary/aromatic N) is 3. The van der Waals surface area contributed by atoms with Crippen LogP contribution < -0.4 is 10.2 Å². The summed E-state index contributed by atoms with van der Waals surface area (Å²) in [5.74, 6) is 0.534. The van der Waals surface area contributed by atoms with Crippen LogP contribution in [0.5, 0.6) is 0 Å². The number of pyridine rings is 1. The molecular weight excluding hydrogens is 368 g/mol. The van der Waals surface area contributed by atoms with Crippen LogP contribution in [0.4, 0.5) is 11.5 Å². The first-order valence-electron chi connectivity index (χ1n) is 8.04. The van der Waals surface area contributed by atoms with Gasteiger partial charge in [-0.1, -0.05) is 28.1 Å². The van der Waals surface area contributed by atoms with E-state index in [1.165, 1.54) is 0 Å². The predicted molar refractivity (Wildman–Crippen MR) is 100 cm³/mol. The molecular formula is C18H21BrN4O. The number of carbonyl (C=O) groups is 1. The van der Waals surface area contributed by atoms with Crippen LogP contribution in [-0.2, 0) is 11.2 Å². The van der Waals surface area contributed by atoms with Crippen LogP contribution in [0.2, 0.25) is 0 Å². The quantitative estimate of drug-likeness (QED) is 0.874. The van der Waals surface area contributed by atoms with Crippen molar-refractivity contribution >= 4 is 33.3 Å². The second kappa shape index (κ2) is 7.77. The first-order chi connectivity index (χ1) is 11.6. The zero-order valence-corrected chi connectivity index (χ0v) is 15.3. The Hall–Kier alpha value is -1.92. The lowest BCUT2D eigenvalue weighted by Gasteiger charge is -2.33. The van der Waals surface area contributed by atoms with E-state index in [-0.39, 0.29) is 5.91 Å². The lowest BCUT2D eigenvalue weighted by atomic mass is 10.1. The van der Waals surface area contributed by atoms with E-state index >= 15 is 0 Å². The predicted octanol–water partition coefficient (Wildman–Crippen LogP) is 2.78. The Labute approximate surface area is 150 Å². The number of likely N-dealkylation sites (N-methyl/N-ethyl adjacent to an activating group) is 1. The number of nitrogens with one attached hydrogen (secondary N) is 1. The number of rotatable bonds is 4. The highest BCUT2D eigenvalue weighted by molar-refractivity contribution is 9.10. The van der Waals surface area contributed by atoms with E-state index in [2.05, 4.69) is 43.1 Å². The maximum absolute atomic E-state index is 12.1. The Morgan fingerprint density at radius 3 is 2.46 bits per heavy atom. The van der Waals surface area contributed by atoms with Crippen molar-refractivity contribution < 1.29 is 4.79 Å². The molecule has 0 bridgehead atoms. The zero-order valence-electron chi connectivity index (χ0n) is 13.7. The fraction of sp³-hybridized carbons (Fsp3) is 0.333. The third kappa shape index (κ3) is 4.55. The number of piperazine rings is 1. The summed E-state index contributed by atoms with van der Waals surface area (Å²) in [4.78, 5) is 21.1. The van der Waals surface area contributed by atoms with E-state index < -0.39 is 0 Å². The number of anilines is 2. The van der Waals surface area contributed by atoms with Crippen molar-refractivity contribution in [3.8, 4) is 0 Å². The first-order valence-corrected chi connectivity index (χ1v) is 8.83. The molecule has 6 heteroatoms. The lowest BCUT2D eigenvalue weighted by Crippen LogP contribution is -2.44. The van der Waals surface area contributed by atoms with E-state index in [9.17, 15) is 4.79 Å². The van der Waals surface area contributed by atoms with Gasteiger partial charge in [0.05, 0.1) is 18.3 Å². The molecule has 0 radical (unpaired) electrons. The SMILES string of the molecule is CN1CCN(c2ccc(NC(=O)Cc3ccc(Br)cc3)nc2)CC1. The van der Waals surface area contributed by atoms with Crippen LogP contribution in [0.3, 0.4) is 0 Å². The third-order valence-electron chi connectivity index (χ3n) is 4.16. The molecule has 0 unspecified atom stereocenters. The van der Waals surface area contributed by atoms with Crippen LogP contribution in [-0.4, -0.2) is 49.0 Å². The normalized spacial score (nSPS) is 15.3. The molecule has 2 heterocycles. The van der Waals surface area contributed by atoms with Crippen LogP contribution in [0.15, 0.2) is 47.1 Å². The minimum Gasteiger partial charge on any atom is -0.368 e. The van der Waals surface area contributed by atoms with E-state index in [4.69, 9.17) is 0 Å². The Morgan fingerprint density at radius 2 is 1.83 bits per heavy atom. The lowest BCUT2D eigenvalue weighted by molar-refractivity contribution is -0.115. The molecule has 1 saturated heterocycles. The van der Waals surface area contributed by atoms with Crippen LogP contribution in [0.25, 0.3) is 0 Å². The molecule has 1 aliphatic heterocycles. The van der Waals surface area contributed by atoms with Gasteiger partial charge in [0.25, 0.3) is 0 Å². The van der Waals surface area contributed by atoms with Crippen LogP contribution in [0, 0.1) is 0 Å². The molecule has 1 aromatic heterocycles.